The number of unbranched alkanes of at least 4 members (excludes halogenated alkanes) is 12. The lowest BCUT2D eigenvalue weighted by atomic mass is 9.70. The highest BCUT2D eigenvalue weighted by Crippen LogP contribution is 2.59. The van der Waals surface area contributed by atoms with Gasteiger partial charge in [0.15, 0.2) is 0 Å². The van der Waals surface area contributed by atoms with Crippen LogP contribution >= 0.6 is 0 Å². The number of benzene rings is 9. The molecule has 0 N–H and O–H groups in total. The molecular weight excluding hydrogens is 1220 g/mol. The van der Waals surface area contributed by atoms with Crippen molar-refractivity contribution in [1.29, 1.82) is 0 Å². The second-order valence-electron chi connectivity index (χ2n) is 35.0. The summed E-state index contributed by atoms with van der Waals surface area (Å²) in [6.07, 6.45) is 30.2. The van der Waals surface area contributed by atoms with E-state index in [0.717, 1.165) is 36.9 Å². The molecule has 2 aliphatic carbocycles. The monoisotopic (exact) mass is 1340 g/mol. The van der Waals surface area contributed by atoms with Gasteiger partial charge in [-0.1, -0.05) is 268 Å². The van der Waals surface area contributed by atoms with Gasteiger partial charge in [0, 0.05) is 66.4 Å². The number of rotatable bonds is 25. The van der Waals surface area contributed by atoms with Crippen LogP contribution in [0.15, 0.2) is 170 Å². The van der Waals surface area contributed by atoms with Crippen LogP contribution in [0.1, 0.15) is 289 Å². The highest BCUT2D eigenvalue weighted by molar-refractivity contribution is 6.11. The number of hydrogen-bond acceptors (Lipinski definition) is 1. The molecule has 0 saturated heterocycles. The lowest BCUT2D eigenvalue weighted by molar-refractivity contribution is 0.401. The SMILES string of the molecule is C#Cc1ccc(N(c2ccc3c(c2)C(CCCCCC)(CCCCCC)c2cc(-n4c5ccc(C(C)(C)C)cc5c5cc(C(C)(C)C)ccc54)ccc2-3)c2ccc3c(c2)C(CCCCCC)(CCCCCC)c2cc(-n4c5ccc(C(C)(C)C)cc5c5cc(C(C)(C)C)ccc54)ccc2-3)cc1. The molecule has 0 unspecified atom stereocenters. The van der Waals surface area contributed by atoms with E-state index in [4.69, 9.17) is 6.42 Å². The first-order valence-electron chi connectivity index (χ1n) is 39.5. The molecule has 0 fully saturated rings. The van der Waals surface area contributed by atoms with E-state index in [1.165, 1.54) is 236 Å². The van der Waals surface area contributed by atoms with Crippen LogP contribution in [-0.4, -0.2) is 9.13 Å². The summed E-state index contributed by atoms with van der Waals surface area (Å²) in [5.41, 5.74) is 28.8. The number of fused-ring (bicyclic) bond motifs is 12. The van der Waals surface area contributed by atoms with Gasteiger partial charge in [-0.15, -0.1) is 6.42 Å². The third-order valence-corrected chi connectivity index (χ3v) is 23.8. The lowest BCUT2D eigenvalue weighted by Gasteiger charge is -2.35. The van der Waals surface area contributed by atoms with Crippen LogP contribution in [0, 0.1) is 12.3 Å². The quantitative estimate of drug-likeness (QED) is 0.0411. The molecule has 524 valence electrons. The molecule has 2 aliphatic rings. The Labute approximate surface area is 608 Å². The van der Waals surface area contributed by atoms with Crippen molar-refractivity contribution in [2.75, 3.05) is 4.90 Å². The largest absolute Gasteiger partial charge is 0.310 e. The predicted octanol–water partition coefficient (Wildman–Crippen LogP) is 28.9. The standard InChI is InChI=1S/C98H117N3/c1-18-23-27-31-55-97(56-32-28-24-19-2)85-63-73(43-47-77(85)79-49-45-75(65-87(79)97)100-89-51-37-68(93(6,7)8)59-81(89)82-60-69(94(9,10)11)38-52-90(82)100)99(72-41-35-67(22-5)36-42-72)74-44-48-78-80-50-46-76(66-88(80)98(86(78)64-74,57-33-29-25-20-3)58-34-30-26-21-4)101-91-53-39-70(95(12,13)14)61-83(91)84-62-71(96(15,16)17)40-54-92(84)101/h5,35-54,59-66H,18-21,23-34,55-58H2,1-4,6-17H3. The molecule has 11 aromatic rings. The van der Waals surface area contributed by atoms with E-state index in [1.807, 2.05) is 0 Å². The van der Waals surface area contributed by atoms with Gasteiger partial charge in [0.2, 0.25) is 0 Å². The van der Waals surface area contributed by atoms with Crippen LogP contribution < -0.4 is 4.90 Å². The van der Waals surface area contributed by atoms with Crippen molar-refractivity contribution in [3.8, 4) is 46.0 Å². The van der Waals surface area contributed by atoms with Crippen molar-refractivity contribution in [2.45, 2.75) is 272 Å². The molecule has 0 amide bonds. The van der Waals surface area contributed by atoms with Gasteiger partial charge < -0.3 is 14.0 Å². The molecule has 9 aromatic carbocycles. The van der Waals surface area contributed by atoms with E-state index in [0.29, 0.717) is 0 Å². The molecule has 0 saturated carbocycles. The summed E-state index contributed by atoms with van der Waals surface area (Å²) in [7, 11) is 0. The van der Waals surface area contributed by atoms with Crippen molar-refractivity contribution in [3.05, 3.63) is 220 Å². The normalized spacial score (nSPS) is 14.1. The van der Waals surface area contributed by atoms with E-state index < -0.39 is 0 Å². The Bertz CT molecular complexity index is 4430. The lowest BCUT2D eigenvalue weighted by Crippen LogP contribution is -2.26. The van der Waals surface area contributed by atoms with Gasteiger partial charge in [-0.25, -0.2) is 0 Å². The third kappa shape index (κ3) is 13.4. The van der Waals surface area contributed by atoms with Gasteiger partial charge in [0.1, 0.15) is 0 Å². The van der Waals surface area contributed by atoms with Crippen LogP contribution in [0.4, 0.5) is 17.1 Å². The van der Waals surface area contributed by atoms with Gasteiger partial charge >= 0.3 is 0 Å². The van der Waals surface area contributed by atoms with E-state index in [9.17, 15) is 0 Å². The highest BCUT2D eigenvalue weighted by Gasteiger charge is 2.46. The fourth-order valence-electron chi connectivity index (χ4n) is 17.9. The fraction of sp³-hybridized carbons (Fsp3) is 0.429. The zero-order chi connectivity index (χ0) is 71.4. The maximum absolute atomic E-state index is 6.21. The molecule has 101 heavy (non-hydrogen) atoms. The molecule has 0 atom stereocenters. The van der Waals surface area contributed by atoms with Crippen molar-refractivity contribution >= 4 is 60.7 Å². The molecule has 2 heterocycles. The summed E-state index contributed by atoms with van der Waals surface area (Å²) in [5, 5.41) is 5.34. The molecular formula is C98H117N3. The summed E-state index contributed by atoms with van der Waals surface area (Å²) in [6, 6.07) is 68.6. The van der Waals surface area contributed by atoms with Crippen LogP contribution in [0.5, 0.6) is 0 Å². The zero-order valence-electron chi connectivity index (χ0n) is 64.7. The average molecular weight is 1340 g/mol. The maximum atomic E-state index is 6.21. The molecule has 3 nitrogen and oxygen atoms in total. The Balaban J connectivity index is 1.00. The first-order chi connectivity index (χ1) is 48.4. The second kappa shape index (κ2) is 28.3. The molecule has 2 aromatic heterocycles. The van der Waals surface area contributed by atoms with Crippen molar-refractivity contribution in [3.63, 3.8) is 0 Å². The molecule has 13 rings (SSSR count). The Morgan fingerprint density at radius 3 is 0.861 bits per heavy atom. The number of anilines is 3. The van der Waals surface area contributed by atoms with Crippen molar-refractivity contribution < 1.29 is 0 Å². The smallest absolute Gasteiger partial charge is 0.0541 e. The van der Waals surface area contributed by atoms with E-state index in [1.54, 1.807) is 0 Å². The molecule has 0 spiro atoms. The number of nitrogens with zero attached hydrogens (tertiary/aromatic N) is 3. The molecule has 0 bridgehead atoms. The van der Waals surface area contributed by atoms with Gasteiger partial charge in [0.25, 0.3) is 0 Å². The predicted molar refractivity (Wildman–Crippen MR) is 440 cm³/mol. The van der Waals surface area contributed by atoms with Gasteiger partial charge in [-0.05, 0) is 235 Å². The first-order valence-corrected chi connectivity index (χ1v) is 39.5. The topological polar surface area (TPSA) is 13.1 Å². The third-order valence-electron chi connectivity index (χ3n) is 23.8. The summed E-state index contributed by atoms with van der Waals surface area (Å²) in [5.74, 6) is 2.98. The average Bonchev–Trinajstić information content (AvgIpc) is 1.56. The first kappa shape index (κ1) is 71.3. The van der Waals surface area contributed by atoms with Crippen molar-refractivity contribution in [2.24, 2.45) is 0 Å². The summed E-state index contributed by atoms with van der Waals surface area (Å²) in [4.78, 5) is 2.60. The molecule has 0 radical (unpaired) electrons. The zero-order valence-corrected chi connectivity index (χ0v) is 64.7. The fourth-order valence-corrected chi connectivity index (χ4v) is 17.9. The van der Waals surface area contributed by atoms with Gasteiger partial charge in [-0.2, -0.15) is 0 Å². The number of terminal acetylenes is 1. The Morgan fingerprint density at radius 2 is 0.584 bits per heavy atom. The minimum absolute atomic E-state index is 0.0206. The molecule has 0 aliphatic heterocycles. The number of aromatic nitrogens is 2. The van der Waals surface area contributed by atoms with E-state index in [2.05, 4.69) is 301 Å². The van der Waals surface area contributed by atoms with Crippen LogP contribution in [0.25, 0.3) is 77.2 Å². The summed E-state index contributed by atoms with van der Waals surface area (Å²) < 4.78 is 5.21. The molecule has 3 heteroatoms. The van der Waals surface area contributed by atoms with E-state index >= 15 is 0 Å². The van der Waals surface area contributed by atoms with E-state index in [-0.39, 0.29) is 32.5 Å². The minimum Gasteiger partial charge on any atom is -0.310 e. The summed E-state index contributed by atoms with van der Waals surface area (Å²) >= 11 is 0. The second-order valence-corrected chi connectivity index (χ2v) is 35.0. The van der Waals surface area contributed by atoms with Gasteiger partial charge in [-0.3, -0.25) is 0 Å². The summed E-state index contributed by atoms with van der Waals surface area (Å²) in [6.45, 7) is 37.6. The Kier molecular flexibility index (Phi) is 20.0. The minimum atomic E-state index is -0.196. The van der Waals surface area contributed by atoms with Gasteiger partial charge in [0.05, 0.1) is 22.1 Å². The van der Waals surface area contributed by atoms with Crippen molar-refractivity contribution in [1.82, 2.24) is 9.13 Å². The highest BCUT2D eigenvalue weighted by atomic mass is 15.1. The maximum Gasteiger partial charge on any atom is 0.0541 e. The Morgan fingerprint density at radius 1 is 0.307 bits per heavy atom. The van der Waals surface area contributed by atoms with Crippen LogP contribution in [0.3, 0.4) is 0 Å². The number of hydrogen-bond donors (Lipinski definition) is 0. The Hall–Kier alpha value is -8.06. The van der Waals surface area contributed by atoms with Crippen LogP contribution in [0.2, 0.25) is 0 Å². The van der Waals surface area contributed by atoms with Crippen LogP contribution in [-0.2, 0) is 32.5 Å².